The second kappa shape index (κ2) is 6.12. The molecule has 1 rings (SSSR count). The number of halogens is 2. The van der Waals surface area contributed by atoms with Crippen LogP contribution in [0, 0.1) is 5.82 Å². The van der Waals surface area contributed by atoms with Gasteiger partial charge in [-0.25, -0.2) is 4.39 Å². The first-order valence-corrected chi connectivity index (χ1v) is 6.02. The number of carbonyl (C=O) groups is 1. The van der Waals surface area contributed by atoms with Crippen molar-refractivity contribution in [2.75, 3.05) is 27.7 Å². The highest BCUT2D eigenvalue weighted by Gasteiger charge is 2.11. The van der Waals surface area contributed by atoms with E-state index in [0.717, 1.165) is 5.56 Å². The van der Waals surface area contributed by atoms with Gasteiger partial charge < -0.3 is 4.90 Å². The van der Waals surface area contributed by atoms with Gasteiger partial charge in [0.15, 0.2) is 0 Å². The molecule has 0 aliphatic carbocycles. The third-order valence-electron chi connectivity index (χ3n) is 2.38. The van der Waals surface area contributed by atoms with Crippen molar-refractivity contribution >= 4 is 21.8 Å². The highest BCUT2D eigenvalue weighted by Crippen LogP contribution is 2.21. The van der Waals surface area contributed by atoms with E-state index in [4.69, 9.17) is 0 Å². The molecule has 0 atom stereocenters. The van der Waals surface area contributed by atoms with Gasteiger partial charge in [0.1, 0.15) is 5.82 Å². The zero-order chi connectivity index (χ0) is 13.0. The summed E-state index contributed by atoms with van der Waals surface area (Å²) < 4.78 is 13.7. The Bertz CT molecular complexity index is 409. The summed E-state index contributed by atoms with van der Waals surface area (Å²) in [5.74, 6) is -0.255. The van der Waals surface area contributed by atoms with E-state index in [1.54, 1.807) is 20.2 Å². The molecule has 0 spiro atoms. The minimum atomic E-state index is -0.283. The van der Waals surface area contributed by atoms with Gasteiger partial charge in [-0.2, -0.15) is 0 Å². The van der Waals surface area contributed by atoms with E-state index >= 15 is 0 Å². The number of carbonyl (C=O) groups excluding carboxylic acids is 1. The lowest BCUT2D eigenvalue weighted by molar-refractivity contribution is -0.129. The molecule has 1 aromatic carbocycles. The molecule has 17 heavy (non-hydrogen) atoms. The van der Waals surface area contributed by atoms with Crippen LogP contribution in [-0.4, -0.2) is 43.4 Å². The fraction of sp³-hybridized carbons (Fsp3) is 0.417. The van der Waals surface area contributed by atoms with Gasteiger partial charge >= 0.3 is 0 Å². The summed E-state index contributed by atoms with van der Waals surface area (Å²) in [4.78, 5) is 14.9. The zero-order valence-electron chi connectivity index (χ0n) is 10.2. The lowest BCUT2D eigenvalue weighted by Crippen LogP contribution is -2.34. The van der Waals surface area contributed by atoms with Gasteiger partial charge in [-0.05, 0) is 34.6 Å². The molecule has 0 aromatic heterocycles. The highest BCUT2D eigenvalue weighted by atomic mass is 79.9. The maximum absolute atomic E-state index is 13.3. The zero-order valence-corrected chi connectivity index (χ0v) is 11.8. The summed E-state index contributed by atoms with van der Waals surface area (Å²) >= 11 is 3.21. The number of hydrogen-bond donors (Lipinski definition) is 0. The highest BCUT2D eigenvalue weighted by molar-refractivity contribution is 9.10. The van der Waals surface area contributed by atoms with E-state index in [-0.39, 0.29) is 11.7 Å². The average molecular weight is 303 g/mol. The summed E-state index contributed by atoms with van der Waals surface area (Å²) in [7, 11) is 5.27. The molecule has 3 nitrogen and oxygen atoms in total. The van der Waals surface area contributed by atoms with Gasteiger partial charge in [0, 0.05) is 20.6 Å². The molecule has 1 amide bonds. The van der Waals surface area contributed by atoms with Crippen LogP contribution in [0.15, 0.2) is 22.7 Å². The molecule has 0 aliphatic heterocycles. The molecule has 0 unspecified atom stereocenters. The van der Waals surface area contributed by atoms with Crippen LogP contribution in [0.25, 0.3) is 0 Å². The predicted octanol–water partition coefficient (Wildman–Crippen LogP) is 2.11. The summed E-state index contributed by atoms with van der Waals surface area (Å²) in [6, 6.07) is 4.90. The smallest absolute Gasteiger partial charge is 0.236 e. The lowest BCUT2D eigenvalue weighted by atomic mass is 10.2. The van der Waals surface area contributed by atoms with Crippen LogP contribution >= 0.6 is 15.9 Å². The van der Waals surface area contributed by atoms with Crippen molar-refractivity contribution in [1.29, 1.82) is 0 Å². The first-order chi connectivity index (χ1) is 7.91. The normalized spacial score (nSPS) is 10.7. The van der Waals surface area contributed by atoms with Crippen LogP contribution in [0.5, 0.6) is 0 Å². The van der Waals surface area contributed by atoms with Gasteiger partial charge in [0.05, 0.1) is 11.0 Å². The molecule has 0 bridgehead atoms. The molecule has 0 N–H and O–H groups in total. The number of nitrogens with zero attached hydrogens (tertiary/aromatic N) is 2. The van der Waals surface area contributed by atoms with Gasteiger partial charge in [-0.1, -0.05) is 12.1 Å². The molecule has 1 aromatic rings. The summed E-state index contributed by atoms with van der Waals surface area (Å²) in [5, 5.41) is 0. The van der Waals surface area contributed by atoms with Crippen LogP contribution in [0.4, 0.5) is 4.39 Å². The minimum Gasteiger partial charge on any atom is -0.348 e. The maximum Gasteiger partial charge on any atom is 0.236 e. The Morgan fingerprint density at radius 1 is 1.35 bits per heavy atom. The first-order valence-electron chi connectivity index (χ1n) is 5.23. The Labute approximate surface area is 109 Å². The standard InChI is InChI=1S/C12H16BrFN2O/c1-15(2)11(17)8-16(3)7-9-5-4-6-10(14)12(9)13/h4-6H,7-8H2,1-3H3. The Kier molecular flexibility index (Phi) is 5.08. The summed E-state index contributed by atoms with van der Waals surface area (Å²) in [5.41, 5.74) is 0.832. The van der Waals surface area contributed by atoms with Crippen molar-refractivity contribution in [3.63, 3.8) is 0 Å². The van der Waals surface area contributed by atoms with Gasteiger partial charge in [-0.15, -0.1) is 0 Å². The molecular weight excluding hydrogens is 287 g/mol. The minimum absolute atomic E-state index is 0.0278. The van der Waals surface area contributed by atoms with Crippen molar-refractivity contribution < 1.29 is 9.18 Å². The maximum atomic E-state index is 13.3. The van der Waals surface area contributed by atoms with Crippen LogP contribution in [0.1, 0.15) is 5.56 Å². The Morgan fingerprint density at radius 2 is 2.00 bits per heavy atom. The molecule has 0 saturated heterocycles. The average Bonchev–Trinajstić information content (AvgIpc) is 2.24. The molecule has 5 heteroatoms. The molecule has 0 aliphatic rings. The number of amides is 1. The Balaban J connectivity index is 2.65. The van der Waals surface area contributed by atoms with E-state index in [9.17, 15) is 9.18 Å². The molecule has 0 saturated carbocycles. The molecule has 0 fully saturated rings. The number of rotatable bonds is 4. The molecule has 94 valence electrons. The number of likely N-dealkylation sites (N-methyl/N-ethyl adjacent to an activating group) is 2. The lowest BCUT2D eigenvalue weighted by Gasteiger charge is -2.19. The van der Waals surface area contributed by atoms with E-state index in [1.165, 1.54) is 11.0 Å². The van der Waals surface area contributed by atoms with Crippen molar-refractivity contribution in [2.24, 2.45) is 0 Å². The van der Waals surface area contributed by atoms with Crippen LogP contribution in [0.2, 0.25) is 0 Å². The van der Waals surface area contributed by atoms with E-state index in [2.05, 4.69) is 15.9 Å². The van der Waals surface area contributed by atoms with E-state index in [0.29, 0.717) is 17.6 Å². The fourth-order valence-electron chi connectivity index (χ4n) is 1.39. The molecular formula is C12H16BrFN2O. The Morgan fingerprint density at radius 3 is 2.59 bits per heavy atom. The predicted molar refractivity (Wildman–Crippen MR) is 69.1 cm³/mol. The third kappa shape index (κ3) is 4.09. The number of hydrogen-bond acceptors (Lipinski definition) is 2. The third-order valence-corrected chi connectivity index (χ3v) is 3.26. The second-order valence-electron chi connectivity index (χ2n) is 4.17. The molecule has 0 radical (unpaired) electrons. The summed E-state index contributed by atoms with van der Waals surface area (Å²) in [6.45, 7) is 0.841. The Hall–Kier alpha value is -0.940. The van der Waals surface area contributed by atoms with Crippen molar-refractivity contribution in [1.82, 2.24) is 9.80 Å². The second-order valence-corrected chi connectivity index (χ2v) is 4.97. The van der Waals surface area contributed by atoms with E-state index < -0.39 is 0 Å². The van der Waals surface area contributed by atoms with Crippen molar-refractivity contribution in [3.8, 4) is 0 Å². The first kappa shape index (κ1) is 14.1. The van der Waals surface area contributed by atoms with Crippen LogP contribution in [0.3, 0.4) is 0 Å². The topological polar surface area (TPSA) is 23.6 Å². The van der Waals surface area contributed by atoms with E-state index in [1.807, 2.05) is 18.0 Å². The van der Waals surface area contributed by atoms with Crippen molar-refractivity contribution in [3.05, 3.63) is 34.1 Å². The quantitative estimate of drug-likeness (QED) is 0.850. The monoisotopic (exact) mass is 302 g/mol. The van der Waals surface area contributed by atoms with Gasteiger partial charge in [0.2, 0.25) is 5.91 Å². The largest absolute Gasteiger partial charge is 0.348 e. The fourth-order valence-corrected chi connectivity index (χ4v) is 1.78. The van der Waals surface area contributed by atoms with Crippen LogP contribution < -0.4 is 0 Å². The van der Waals surface area contributed by atoms with Crippen LogP contribution in [-0.2, 0) is 11.3 Å². The van der Waals surface area contributed by atoms with Crippen molar-refractivity contribution in [2.45, 2.75) is 6.54 Å². The molecule has 0 heterocycles. The summed E-state index contributed by atoms with van der Waals surface area (Å²) in [6.07, 6.45) is 0. The van der Waals surface area contributed by atoms with Gasteiger partial charge in [-0.3, -0.25) is 9.69 Å². The van der Waals surface area contributed by atoms with Gasteiger partial charge in [0.25, 0.3) is 0 Å². The SMILES string of the molecule is CN(CC(=O)N(C)C)Cc1cccc(F)c1Br. The number of benzene rings is 1.